The van der Waals surface area contributed by atoms with Gasteiger partial charge in [0.25, 0.3) is 11.5 Å². The zero-order valence-electron chi connectivity index (χ0n) is 16.3. The molecule has 0 atom stereocenters. The maximum absolute atomic E-state index is 12.9. The van der Waals surface area contributed by atoms with Gasteiger partial charge in [-0.15, -0.1) is 10.2 Å². The van der Waals surface area contributed by atoms with E-state index in [9.17, 15) is 9.59 Å². The van der Waals surface area contributed by atoms with E-state index in [0.29, 0.717) is 22.4 Å². The van der Waals surface area contributed by atoms with Crippen LogP contribution in [0.3, 0.4) is 0 Å². The van der Waals surface area contributed by atoms with Crippen molar-refractivity contribution < 1.29 is 4.79 Å². The first-order valence-electron chi connectivity index (χ1n) is 9.77. The van der Waals surface area contributed by atoms with Crippen LogP contribution in [-0.4, -0.2) is 25.9 Å². The number of aromatic nitrogens is 4. The van der Waals surface area contributed by atoms with E-state index in [1.54, 1.807) is 24.3 Å². The van der Waals surface area contributed by atoms with E-state index in [2.05, 4.69) is 34.5 Å². The van der Waals surface area contributed by atoms with Crippen molar-refractivity contribution in [2.45, 2.75) is 58.9 Å². The molecule has 0 saturated heterocycles. The van der Waals surface area contributed by atoms with Crippen molar-refractivity contribution in [3.05, 3.63) is 45.3 Å². The highest BCUT2D eigenvalue weighted by Gasteiger charge is 2.18. The van der Waals surface area contributed by atoms with Gasteiger partial charge in [0.2, 0.25) is 5.13 Å². The van der Waals surface area contributed by atoms with Crippen LogP contribution in [0.25, 0.3) is 10.8 Å². The number of aryl methyl sites for hydroxylation is 2. The summed E-state index contributed by atoms with van der Waals surface area (Å²) in [5.74, 6) is -0.376. The zero-order chi connectivity index (χ0) is 19.9. The Morgan fingerprint density at radius 2 is 1.82 bits per heavy atom. The van der Waals surface area contributed by atoms with Crippen LogP contribution in [-0.2, 0) is 13.0 Å². The van der Waals surface area contributed by atoms with Crippen molar-refractivity contribution in [1.29, 1.82) is 0 Å². The molecule has 0 aliphatic rings. The molecule has 0 bridgehead atoms. The number of hydrogen-bond donors (Lipinski definition) is 1. The zero-order valence-corrected chi connectivity index (χ0v) is 17.1. The van der Waals surface area contributed by atoms with Gasteiger partial charge in [-0.05, 0) is 18.9 Å². The van der Waals surface area contributed by atoms with Crippen molar-refractivity contribution in [3.63, 3.8) is 0 Å². The van der Waals surface area contributed by atoms with Crippen LogP contribution >= 0.6 is 11.3 Å². The minimum atomic E-state index is -0.376. The summed E-state index contributed by atoms with van der Waals surface area (Å²) in [5.41, 5.74) is 0.0676. The van der Waals surface area contributed by atoms with Gasteiger partial charge in [-0.1, -0.05) is 62.6 Å². The van der Waals surface area contributed by atoms with Crippen LogP contribution in [0.4, 0.5) is 5.13 Å². The Morgan fingerprint density at radius 3 is 2.57 bits per heavy atom. The van der Waals surface area contributed by atoms with Gasteiger partial charge < -0.3 is 0 Å². The van der Waals surface area contributed by atoms with Crippen molar-refractivity contribution >= 4 is 33.1 Å². The molecule has 0 radical (unpaired) electrons. The second kappa shape index (κ2) is 9.54. The molecule has 2 heterocycles. The molecule has 28 heavy (non-hydrogen) atoms. The van der Waals surface area contributed by atoms with Crippen molar-refractivity contribution in [2.24, 2.45) is 0 Å². The van der Waals surface area contributed by atoms with E-state index in [-0.39, 0.29) is 17.2 Å². The van der Waals surface area contributed by atoms with E-state index >= 15 is 0 Å². The number of rotatable bonds is 9. The highest BCUT2D eigenvalue weighted by molar-refractivity contribution is 7.15. The SMILES string of the molecule is CCCCCn1nc(C(=O)Nc2nnc(CCCC)s2)c2ccccc2c1=O. The van der Waals surface area contributed by atoms with E-state index in [1.807, 2.05) is 0 Å². The van der Waals surface area contributed by atoms with Gasteiger partial charge in [-0.2, -0.15) is 5.10 Å². The predicted octanol–water partition coefficient (Wildman–Crippen LogP) is 4.03. The monoisotopic (exact) mass is 399 g/mol. The molecule has 0 aliphatic heterocycles. The topological polar surface area (TPSA) is 89.8 Å². The van der Waals surface area contributed by atoms with E-state index in [4.69, 9.17) is 0 Å². The molecule has 1 aromatic carbocycles. The molecule has 0 saturated carbocycles. The number of hydrogen-bond acceptors (Lipinski definition) is 6. The Kier molecular flexibility index (Phi) is 6.86. The fourth-order valence-electron chi connectivity index (χ4n) is 2.96. The Balaban J connectivity index is 1.90. The molecule has 1 N–H and O–H groups in total. The first-order chi connectivity index (χ1) is 13.6. The Hall–Kier alpha value is -2.61. The fraction of sp³-hybridized carbons (Fsp3) is 0.450. The van der Waals surface area contributed by atoms with Gasteiger partial charge in [0.15, 0.2) is 5.69 Å². The van der Waals surface area contributed by atoms with E-state index in [1.165, 1.54) is 16.0 Å². The largest absolute Gasteiger partial charge is 0.295 e. The number of fused-ring (bicyclic) bond motifs is 1. The van der Waals surface area contributed by atoms with Crippen LogP contribution in [0.5, 0.6) is 0 Å². The van der Waals surface area contributed by atoms with E-state index < -0.39 is 0 Å². The third-order valence-electron chi connectivity index (χ3n) is 4.49. The molecule has 1 amide bonds. The van der Waals surface area contributed by atoms with Crippen LogP contribution in [0, 0.1) is 0 Å². The average Bonchev–Trinajstić information content (AvgIpc) is 3.15. The summed E-state index contributed by atoms with van der Waals surface area (Å²) in [6.45, 7) is 4.72. The number of amides is 1. The minimum absolute atomic E-state index is 0.166. The number of anilines is 1. The minimum Gasteiger partial charge on any atom is -0.295 e. The maximum atomic E-state index is 12.9. The number of nitrogens with zero attached hydrogens (tertiary/aromatic N) is 4. The highest BCUT2D eigenvalue weighted by atomic mass is 32.1. The lowest BCUT2D eigenvalue weighted by Crippen LogP contribution is -2.27. The first-order valence-corrected chi connectivity index (χ1v) is 10.6. The summed E-state index contributed by atoms with van der Waals surface area (Å²) in [6, 6.07) is 7.09. The van der Waals surface area contributed by atoms with Crippen LogP contribution in [0.15, 0.2) is 29.1 Å². The summed E-state index contributed by atoms with van der Waals surface area (Å²) in [4.78, 5) is 25.6. The van der Waals surface area contributed by atoms with Crippen LogP contribution < -0.4 is 10.9 Å². The Morgan fingerprint density at radius 1 is 1.07 bits per heavy atom. The Labute approximate surface area is 167 Å². The molecule has 2 aromatic heterocycles. The maximum Gasteiger partial charge on any atom is 0.278 e. The number of carbonyl (C=O) groups is 1. The lowest BCUT2D eigenvalue weighted by molar-refractivity contribution is 0.102. The molecule has 148 valence electrons. The van der Waals surface area contributed by atoms with Gasteiger partial charge in [-0.25, -0.2) is 4.68 Å². The molecule has 7 nitrogen and oxygen atoms in total. The fourth-order valence-corrected chi connectivity index (χ4v) is 3.73. The summed E-state index contributed by atoms with van der Waals surface area (Å²) in [6.07, 6.45) is 5.88. The summed E-state index contributed by atoms with van der Waals surface area (Å²) in [5, 5.41) is 17.7. The third-order valence-corrected chi connectivity index (χ3v) is 5.39. The molecular formula is C20H25N5O2S. The number of benzene rings is 1. The van der Waals surface area contributed by atoms with Gasteiger partial charge in [-0.3, -0.25) is 14.9 Å². The van der Waals surface area contributed by atoms with Crippen LogP contribution in [0.2, 0.25) is 0 Å². The Bertz CT molecular complexity index is 1010. The molecule has 0 fully saturated rings. The molecule has 0 spiro atoms. The smallest absolute Gasteiger partial charge is 0.278 e. The van der Waals surface area contributed by atoms with Crippen molar-refractivity contribution in [2.75, 3.05) is 5.32 Å². The summed E-state index contributed by atoms with van der Waals surface area (Å²) < 4.78 is 1.40. The molecular weight excluding hydrogens is 374 g/mol. The lowest BCUT2D eigenvalue weighted by Gasteiger charge is -2.10. The predicted molar refractivity (Wildman–Crippen MR) is 112 cm³/mol. The first kappa shape index (κ1) is 20.1. The highest BCUT2D eigenvalue weighted by Crippen LogP contribution is 2.20. The quantitative estimate of drug-likeness (QED) is 0.549. The second-order valence-corrected chi connectivity index (χ2v) is 7.75. The van der Waals surface area contributed by atoms with E-state index in [0.717, 1.165) is 43.5 Å². The number of nitrogens with one attached hydrogen (secondary N) is 1. The molecule has 0 unspecified atom stereocenters. The van der Waals surface area contributed by atoms with Gasteiger partial charge in [0.1, 0.15) is 5.01 Å². The normalized spacial score (nSPS) is 11.1. The number of unbranched alkanes of at least 4 members (excludes halogenated alkanes) is 3. The van der Waals surface area contributed by atoms with Gasteiger partial charge in [0, 0.05) is 18.4 Å². The second-order valence-electron chi connectivity index (χ2n) is 6.69. The van der Waals surface area contributed by atoms with Crippen LogP contribution in [0.1, 0.15) is 61.4 Å². The van der Waals surface area contributed by atoms with Crippen molar-refractivity contribution in [1.82, 2.24) is 20.0 Å². The lowest BCUT2D eigenvalue weighted by atomic mass is 10.1. The molecule has 8 heteroatoms. The number of carbonyl (C=O) groups excluding carboxylic acids is 1. The van der Waals surface area contributed by atoms with Gasteiger partial charge in [0.05, 0.1) is 5.39 Å². The molecule has 3 aromatic rings. The van der Waals surface area contributed by atoms with Gasteiger partial charge >= 0.3 is 0 Å². The molecule has 3 rings (SSSR count). The third kappa shape index (κ3) is 4.62. The standard InChI is InChI=1S/C20H25N5O2S/c1-3-5-9-13-25-19(27)15-11-8-7-10-14(15)17(24-25)18(26)21-20-23-22-16(28-20)12-6-4-2/h7-8,10-11H,3-6,9,12-13H2,1-2H3,(H,21,23,26). The van der Waals surface area contributed by atoms with Crippen molar-refractivity contribution in [3.8, 4) is 0 Å². The molecule has 0 aliphatic carbocycles. The summed E-state index contributed by atoms with van der Waals surface area (Å²) in [7, 11) is 0. The summed E-state index contributed by atoms with van der Waals surface area (Å²) >= 11 is 1.37. The average molecular weight is 400 g/mol.